The van der Waals surface area contributed by atoms with Gasteiger partial charge in [0.15, 0.2) is 0 Å². The van der Waals surface area contributed by atoms with Crippen molar-refractivity contribution in [3.8, 4) is 0 Å². The number of nitrogens with one attached hydrogen (secondary N) is 1. The van der Waals surface area contributed by atoms with Crippen LogP contribution in [-0.4, -0.2) is 15.7 Å². The lowest BCUT2D eigenvalue weighted by atomic mass is 10.1. The van der Waals surface area contributed by atoms with Crippen molar-refractivity contribution in [1.29, 1.82) is 0 Å². The summed E-state index contributed by atoms with van der Waals surface area (Å²) in [5.41, 5.74) is 3.29. The molecule has 0 aliphatic heterocycles. The van der Waals surface area contributed by atoms with E-state index in [1.165, 1.54) is 12.1 Å². The smallest absolute Gasteiger partial charge is 0.348 e. The maximum absolute atomic E-state index is 12.6. The topological polar surface area (TPSA) is 46.9 Å². The van der Waals surface area contributed by atoms with E-state index in [1.807, 2.05) is 30.7 Å². The molecule has 0 unspecified atom stereocenters. The molecule has 1 aromatic heterocycles. The number of amides is 1. The minimum Gasteiger partial charge on any atom is -0.348 e. The number of aromatic nitrogens is 2. The molecule has 3 aromatic rings. The molecule has 0 aliphatic carbocycles. The van der Waals surface area contributed by atoms with Crippen LogP contribution in [0.1, 0.15) is 38.4 Å². The summed E-state index contributed by atoms with van der Waals surface area (Å²) >= 11 is 0. The van der Waals surface area contributed by atoms with Gasteiger partial charge in [0.25, 0.3) is 5.91 Å². The summed E-state index contributed by atoms with van der Waals surface area (Å²) in [6.45, 7) is 4.60. The van der Waals surface area contributed by atoms with Crippen LogP contribution in [0.5, 0.6) is 0 Å². The Kier molecular flexibility index (Phi) is 5.53. The van der Waals surface area contributed by atoms with Gasteiger partial charge in [-0.15, -0.1) is 0 Å². The molecule has 28 heavy (non-hydrogen) atoms. The fraction of sp³-hybridized carbons (Fsp3) is 0.238. The number of carbonyl (C=O) groups is 1. The van der Waals surface area contributed by atoms with E-state index in [1.54, 1.807) is 18.2 Å². The van der Waals surface area contributed by atoms with E-state index in [0.717, 1.165) is 29.1 Å². The molecular weight excluding hydrogens is 367 g/mol. The Morgan fingerprint density at radius 1 is 1.04 bits per heavy atom. The second kappa shape index (κ2) is 7.88. The molecule has 0 spiro atoms. The first-order valence-corrected chi connectivity index (χ1v) is 8.77. The van der Waals surface area contributed by atoms with Crippen molar-refractivity contribution in [2.24, 2.45) is 0 Å². The summed E-state index contributed by atoms with van der Waals surface area (Å²) in [5.74, 6) is -0.282. The van der Waals surface area contributed by atoms with Crippen molar-refractivity contribution >= 4 is 5.91 Å². The Hall–Kier alpha value is -3.09. The van der Waals surface area contributed by atoms with Gasteiger partial charge in [0.1, 0.15) is 0 Å². The van der Waals surface area contributed by atoms with Crippen molar-refractivity contribution in [1.82, 2.24) is 15.1 Å². The molecule has 0 atom stereocenters. The largest absolute Gasteiger partial charge is 0.416 e. The van der Waals surface area contributed by atoms with Crippen LogP contribution in [0.4, 0.5) is 13.2 Å². The zero-order chi connectivity index (χ0) is 20.3. The molecule has 1 amide bonds. The summed E-state index contributed by atoms with van der Waals surface area (Å²) in [5, 5.41) is 7.15. The van der Waals surface area contributed by atoms with E-state index in [9.17, 15) is 18.0 Å². The highest BCUT2D eigenvalue weighted by molar-refractivity contribution is 5.94. The van der Waals surface area contributed by atoms with E-state index in [-0.39, 0.29) is 12.5 Å². The quantitative estimate of drug-likeness (QED) is 0.701. The Labute approximate surface area is 161 Å². The van der Waals surface area contributed by atoms with E-state index in [0.29, 0.717) is 17.7 Å². The summed E-state index contributed by atoms with van der Waals surface area (Å²) in [6, 6.07) is 13.9. The van der Waals surface area contributed by atoms with Crippen molar-refractivity contribution in [3.05, 3.63) is 88.2 Å². The molecule has 1 N–H and O–H groups in total. The van der Waals surface area contributed by atoms with Crippen LogP contribution in [0.2, 0.25) is 0 Å². The average molecular weight is 387 g/mol. The monoisotopic (exact) mass is 387 g/mol. The lowest BCUT2D eigenvalue weighted by molar-refractivity contribution is -0.137. The summed E-state index contributed by atoms with van der Waals surface area (Å²) in [6.07, 6.45) is -4.37. The number of carbonyl (C=O) groups excluding carboxylic acids is 1. The third kappa shape index (κ3) is 4.79. The van der Waals surface area contributed by atoms with E-state index >= 15 is 0 Å². The van der Waals surface area contributed by atoms with Crippen LogP contribution < -0.4 is 5.32 Å². The van der Waals surface area contributed by atoms with Crippen molar-refractivity contribution < 1.29 is 18.0 Å². The number of alkyl halides is 3. The molecule has 0 bridgehead atoms. The van der Waals surface area contributed by atoms with Crippen molar-refractivity contribution in [2.75, 3.05) is 0 Å². The molecule has 0 fully saturated rings. The number of hydrogen-bond donors (Lipinski definition) is 1. The zero-order valence-corrected chi connectivity index (χ0v) is 15.5. The molecule has 0 saturated carbocycles. The van der Waals surface area contributed by atoms with E-state index in [2.05, 4.69) is 10.4 Å². The van der Waals surface area contributed by atoms with Gasteiger partial charge < -0.3 is 5.32 Å². The highest BCUT2D eigenvalue weighted by Gasteiger charge is 2.29. The third-order valence-corrected chi connectivity index (χ3v) is 4.36. The molecule has 4 nitrogen and oxygen atoms in total. The number of nitrogens with zero attached hydrogens (tertiary/aromatic N) is 2. The van der Waals surface area contributed by atoms with Gasteiger partial charge in [-0.05, 0) is 55.3 Å². The van der Waals surface area contributed by atoms with Crippen LogP contribution >= 0.6 is 0 Å². The van der Waals surface area contributed by atoms with Gasteiger partial charge in [-0.2, -0.15) is 18.3 Å². The fourth-order valence-corrected chi connectivity index (χ4v) is 2.91. The first-order valence-electron chi connectivity index (χ1n) is 8.77. The molecule has 7 heteroatoms. The molecular formula is C21H20F3N3O. The minimum absolute atomic E-state index is 0.151. The molecule has 0 aliphatic rings. The predicted octanol–water partition coefficient (Wildman–Crippen LogP) is 4.50. The second-order valence-electron chi connectivity index (χ2n) is 6.66. The Balaban J connectivity index is 1.64. The zero-order valence-electron chi connectivity index (χ0n) is 15.5. The second-order valence-corrected chi connectivity index (χ2v) is 6.66. The van der Waals surface area contributed by atoms with Gasteiger partial charge in [0.2, 0.25) is 0 Å². The summed E-state index contributed by atoms with van der Waals surface area (Å²) in [7, 11) is 0. The Morgan fingerprint density at radius 2 is 1.75 bits per heavy atom. The van der Waals surface area contributed by atoms with Crippen LogP contribution in [0, 0.1) is 13.8 Å². The minimum atomic E-state index is -4.37. The highest BCUT2D eigenvalue weighted by atomic mass is 19.4. The number of hydrogen-bond acceptors (Lipinski definition) is 2. The normalized spacial score (nSPS) is 11.5. The highest BCUT2D eigenvalue weighted by Crippen LogP contribution is 2.29. The fourth-order valence-electron chi connectivity index (χ4n) is 2.91. The van der Waals surface area contributed by atoms with Gasteiger partial charge in [0, 0.05) is 17.8 Å². The van der Waals surface area contributed by atoms with E-state index in [4.69, 9.17) is 0 Å². The SMILES string of the molecule is Cc1cc(C)n(Cc2cccc(C(=O)NCc3ccc(C(F)(F)F)cc3)c2)n1. The van der Waals surface area contributed by atoms with Gasteiger partial charge in [0.05, 0.1) is 17.8 Å². The van der Waals surface area contributed by atoms with Crippen LogP contribution in [-0.2, 0) is 19.3 Å². The molecule has 1 heterocycles. The maximum atomic E-state index is 12.6. The van der Waals surface area contributed by atoms with Gasteiger partial charge in [-0.3, -0.25) is 9.48 Å². The third-order valence-electron chi connectivity index (χ3n) is 4.36. The molecule has 3 rings (SSSR count). The lowest BCUT2D eigenvalue weighted by Gasteiger charge is -2.10. The summed E-state index contributed by atoms with van der Waals surface area (Å²) in [4.78, 5) is 12.4. The van der Waals surface area contributed by atoms with Crippen molar-refractivity contribution in [3.63, 3.8) is 0 Å². The number of rotatable bonds is 5. The standard InChI is InChI=1S/C21H20F3N3O/c1-14-10-15(2)27(26-14)13-17-4-3-5-18(11-17)20(28)25-12-16-6-8-19(9-7-16)21(22,23)24/h3-11H,12-13H2,1-2H3,(H,25,28). The summed E-state index contributed by atoms with van der Waals surface area (Å²) < 4.78 is 39.7. The van der Waals surface area contributed by atoms with Gasteiger partial charge in [-0.25, -0.2) is 0 Å². The number of benzene rings is 2. The number of aryl methyl sites for hydroxylation is 2. The predicted molar refractivity (Wildman–Crippen MR) is 99.9 cm³/mol. The van der Waals surface area contributed by atoms with E-state index < -0.39 is 11.7 Å². The molecule has 0 saturated heterocycles. The van der Waals surface area contributed by atoms with Gasteiger partial charge >= 0.3 is 6.18 Å². The lowest BCUT2D eigenvalue weighted by Crippen LogP contribution is -2.23. The first kappa shape index (κ1) is 19.7. The van der Waals surface area contributed by atoms with Crippen LogP contribution in [0.25, 0.3) is 0 Å². The van der Waals surface area contributed by atoms with Crippen LogP contribution in [0.3, 0.4) is 0 Å². The van der Waals surface area contributed by atoms with Gasteiger partial charge in [-0.1, -0.05) is 24.3 Å². The average Bonchev–Trinajstić information content (AvgIpc) is 2.96. The molecule has 2 aromatic carbocycles. The van der Waals surface area contributed by atoms with Crippen molar-refractivity contribution in [2.45, 2.75) is 33.1 Å². The molecule has 0 radical (unpaired) electrons. The van der Waals surface area contributed by atoms with Crippen LogP contribution in [0.15, 0.2) is 54.6 Å². The Morgan fingerprint density at radius 3 is 2.36 bits per heavy atom. The maximum Gasteiger partial charge on any atom is 0.416 e. The number of halogens is 3. The molecule has 146 valence electrons. The first-order chi connectivity index (χ1) is 13.2. The Bertz CT molecular complexity index is 975.